The number of halogens is 3. The first kappa shape index (κ1) is 51.6. The fraction of sp³-hybridized carbons (Fsp3) is 0.702. The zero-order chi connectivity index (χ0) is 47.4. The maximum Gasteiger partial charge on any atom is 0.326 e. The largest absolute Gasteiger partial charge is 0.495 e. The second-order valence-corrected chi connectivity index (χ2v) is 27.7. The molecule has 0 spiro atoms. The molecule has 3 aliphatic carbocycles. The number of cyclic esters (lactones) is 1. The molecule has 12 atom stereocenters. The van der Waals surface area contributed by atoms with Crippen LogP contribution in [0, 0.1) is 41.9 Å². The number of esters is 1. The summed E-state index contributed by atoms with van der Waals surface area (Å²) in [6, 6.07) is 6.49. The van der Waals surface area contributed by atoms with Crippen LogP contribution in [0.3, 0.4) is 0 Å². The summed E-state index contributed by atoms with van der Waals surface area (Å²) in [7, 11) is 1.27. The summed E-state index contributed by atoms with van der Waals surface area (Å²) in [5.74, 6) is 1.93. The highest BCUT2D eigenvalue weighted by atomic mass is 79.9. The zero-order valence-corrected chi connectivity index (χ0v) is 44.6. The first-order valence-electron chi connectivity index (χ1n) is 22.5. The first-order valence-corrected chi connectivity index (χ1v) is 27.4. The van der Waals surface area contributed by atoms with Crippen LogP contribution in [0.15, 0.2) is 33.2 Å². The Morgan fingerprint density at radius 3 is 2.16 bits per heavy atom. The van der Waals surface area contributed by atoms with Gasteiger partial charge in [0.05, 0.1) is 61.5 Å². The van der Waals surface area contributed by atoms with Gasteiger partial charge >= 0.3 is 5.97 Å². The SMILES string of the molecule is COc1c(Br)cc(C)cc1CN1O[C@@H](CO)[C@@H]([C@H](C)O)[C@H]1C(=O)N[C@H]1C[C@H]2C[C@@H]([C@@H]1C)C2(C)C.COc1c(Br)cc(Cl)cc1CN1O[C@@H](CO[Si](C)(C)C(C)(C)C)[C@H]2[C@H](C)OC(=O)[C@H]21. The number of aliphatic hydroxyl groups excluding tert-OH is 2. The van der Waals surface area contributed by atoms with Gasteiger partial charge in [-0.05, 0) is 131 Å². The number of carbonyl (C=O) groups excluding carboxylic acids is 2. The molecule has 3 heterocycles. The van der Waals surface area contributed by atoms with E-state index in [-0.39, 0.29) is 47.7 Å². The number of hydroxylamine groups is 4. The predicted molar refractivity (Wildman–Crippen MR) is 255 cm³/mol. The number of hydrogen-bond acceptors (Lipinski definition) is 12. The van der Waals surface area contributed by atoms with E-state index < -0.39 is 38.5 Å². The summed E-state index contributed by atoms with van der Waals surface area (Å²) in [6.45, 7) is 24.4. The highest BCUT2D eigenvalue weighted by Crippen LogP contribution is 2.61. The van der Waals surface area contributed by atoms with Gasteiger partial charge in [0.25, 0.3) is 0 Å². The van der Waals surface area contributed by atoms with Crippen molar-refractivity contribution in [1.29, 1.82) is 0 Å². The minimum atomic E-state index is -1.95. The molecule has 0 unspecified atom stereocenters. The van der Waals surface area contributed by atoms with Gasteiger partial charge in [-0.1, -0.05) is 59.2 Å². The van der Waals surface area contributed by atoms with Crippen molar-refractivity contribution in [2.75, 3.05) is 27.4 Å². The molecule has 3 N–H and O–H groups in total. The van der Waals surface area contributed by atoms with Gasteiger partial charge in [0, 0.05) is 28.1 Å². The summed E-state index contributed by atoms with van der Waals surface area (Å²) < 4.78 is 24.7. The standard InChI is InChI=1S/C26H39BrN2O5.C21H31BrClNO5Si/c1-13-7-16(24(33-6)19(27)8-13)11-29-23(22(15(3)31)21(12-30)34-29)25(32)28-20-10-17-9-18(14(20)2)26(17,4)5;1-12-17-16(11-27-30(6,7)21(2,3)4)29-24(18(17)20(25)28-12)10-13-8-14(23)9-15(22)19(13)26-5/h7-8,14-15,17-18,20-23,30-31H,9-12H2,1-6H3,(H,28,32);8-9,12,16-18H,10-11H2,1-7H3/t14-,15-,17+,18-,20-,21-,22+,23-;12-,16-,17+,18-/m00/s1. The Morgan fingerprint density at radius 2 is 1.59 bits per heavy atom. The number of nitrogens with one attached hydrogen (secondary N) is 1. The molecule has 0 aromatic heterocycles. The van der Waals surface area contributed by atoms with E-state index in [2.05, 4.69) is 91.8 Å². The monoisotopic (exact) mass is 1060 g/mol. The van der Waals surface area contributed by atoms with Crippen molar-refractivity contribution in [2.45, 2.75) is 149 Å². The summed E-state index contributed by atoms with van der Waals surface area (Å²) in [5, 5.41) is 27.9. The highest BCUT2D eigenvalue weighted by molar-refractivity contribution is 9.11. The number of carbonyl (C=O) groups is 2. The second kappa shape index (κ2) is 20.0. The second-order valence-electron chi connectivity index (χ2n) is 20.7. The smallest absolute Gasteiger partial charge is 0.326 e. The van der Waals surface area contributed by atoms with Crippen LogP contribution in [0.1, 0.15) is 84.9 Å². The van der Waals surface area contributed by atoms with E-state index in [4.69, 9.17) is 39.9 Å². The Bertz CT molecular complexity index is 2020. The fourth-order valence-corrected chi connectivity index (χ4v) is 13.4. The van der Waals surface area contributed by atoms with Crippen molar-refractivity contribution in [3.63, 3.8) is 0 Å². The van der Waals surface area contributed by atoms with Gasteiger partial charge in [0.2, 0.25) is 5.91 Å². The molecule has 358 valence electrons. The molecule has 13 nitrogen and oxygen atoms in total. The van der Waals surface area contributed by atoms with Gasteiger partial charge in [0.15, 0.2) is 8.32 Å². The molecule has 2 aromatic carbocycles. The van der Waals surface area contributed by atoms with Gasteiger partial charge in [-0.25, -0.2) is 0 Å². The topological polar surface area (TPSA) is 148 Å². The van der Waals surface area contributed by atoms with Crippen LogP contribution in [0.25, 0.3) is 0 Å². The van der Waals surface area contributed by atoms with E-state index >= 15 is 0 Å². The lowest BCUT2D eigenvalue weighted by Gasteiger charge is -2.62. The molecule has 3 aliphatic heterocycles. The average molecular weight is 1060 g/mol. The Hall–Kier alpha value is -1.83. The van der Waals surface area contributed by atoms with E-state index in [0.717, 1.165) is 32.1 Å². The number of amides is 1. The number of aliphatic hydroxyl groups is 2. The van der Waals surface area contributed by atoms with Crippen LogP contribution in [0.2, 0.25) is 23.2 Å². The average Bonchev–Trinajstić information content (AvgIpc) is 3.85. The van der Waals surface area contributed by atoms with Crippen LogP contribution in [0.5, 0.6) is 11.5 Å². The van der Waals surface area contributed by atoms with Gasteiger partial charge < -0.3 is 34.2 Å². The maximum absolute atomic E-state index is 13.7. The van der Waals surface area contributed by atoms with Crippen LogP contribution >= 0.6 is 43.5 Å². The molecule has 6 aliphatic rings. The predicted octanol–water partition coefficient (Wildman–Crippen LogP) is 8.61. The first-order chi connectivity index (χ1) is 29.8. The Kier molecular flexibility index (Phi) is 16.1. The van der Waals surface area contributed by atoms with Crippen molar-refractivity contribution in [3.05, 3.63) is 54.9 Å². The molecule has 2 bridgehead atoms. The number of nitrogens with zero attached hydrogens (tertiary/aromatic N) is 2. The van der Waals surface area contributed by atoms with Crippen molar-refractivity contribution in [3.8, 4) is 11.5 Å². The molecule has 3 saturated carbocycles. The molecular weight excluding hydrogens is 990 g/mol. The van der Waals surface area contributed by atoms with Crippen LogP contribution in [-0.2, 0) is 41.5 Å². The Balaban J connectivity index is 0.000000214. The third kappa shape index (κ3) is 10.3. The van der Waals surface area contributed by atoms with Crippen molar-refractivity contribution >= 4 is 63.7 Å². The minimum Gasteiger partial charge on any atom is -0.495 e. The highest BCUT2D eigenvalue weighted by Gasteiger charge is 2.59. The van der Waals surface area contributed by atoms with Gasteiger partial charge in [-0.2, -0.15) is 10.1 Å². The molecule has 1 amide bonds. The summed E-state index contributed by atoms with van der Waals surface area (Å²) in [6.07, 6.45) is 0.258. The normalized spacial score (nSPS) is 31.7. The fourth-order valence-electron chi connectivity index (χ4n) is 10.6. The lowest BCUT2D eigenvalue weighted by Crippen LogP contribution is -2.62. The molecule has 2 aromatic rings. The lowest BCUT2D eigenvalue weighted by molar-refractivity contribution is -0.195. The van der Waals surface area contributed by atoms with E-state index in [1.807, 2.05) is 32.0 Å². The maximum atomic E-state index is 13.7. The Morgan fingerprint density at radius 1 is 1.00 bits per heavy atom. The van der Waals surface area contributed by atoms with Crippen LogP contribution in [-0.4, -0.2) is 111 Å². The molecule has 0 radical (unpaired) electrons. The molecular formula is C47H70Br2ClN3O10Si. The number of ether oxygens (including phenoxy) is 3. The number of rotatable bonds is 13. The summed E-state index contributed by atoms with van der Waals surface area (Å²) in [5.41, 5.74) is 3.08. The molecule has 17 heteroatoms. The number of hydrogen-bond donors (Lipinski definition) is 3. The molecule has 8 rings (SSSR count). The number of fused-ring (bicyclic) bond motifs is 3. The zero-order valence-electron chi connectivity index (χ0n) is 39.7. The number of benzene rings is 2. The van der Waals surface area contributed by atoms with E-state index in [1.54, 1.807) is 37.3 Å². The van der Waals surface area contributed by atoms with E-state index in [0.29, 0.717) is 59.4 Å². The molecule has 64 heavy (non-hydrogen) atoms. The number of methoxy groups -OCH3 is 2. The summed E-state index contributed by atoms with van der Waals surface area (Å²) in [4.78, 5) is 38.7. The quantitative estimate of drug-likeness (QED) is 0.130. The van der Waals surface area contributed by atoms with Gasteiger partial charge in [0.1, 0.15) is 41.9 Å². The van der Waals surface area contributed by atoms with Gasteiger partial charge in [-0.15, -0.1) is 0 Å². The van der Waals surface area contributed by atoms with Crippen LogP contribution in [0.4, 0.5) is 0 Å². The van der Waals surface area contributed by atoms with Gasteiger partial charge in [-0.3, -0.25) is 19.3 Å². The van der Waals surface area contributed by atoms with Crippen molar-refractivity contribution in [1.82, 2.24) is 15.4 Å². The van der Waals surface area contributed by atoms with E-state index in [1.165, 1.54) is 6.42 Å². The lowest BCUT2D eigenvalue weighted by atomic mass is 9.45. The third-order valence-electron chi connectivity index (χ3n) is 15.3. The minimum absolute atomic E-state index is 0.0871. The Labute approximate surface area is 402 Å². The van der Waals surface area contributed by atoms with E-state index in [9.17, 15) is 19.8 Å². The summed E-state index contributed by atoms with van der Waals surface area (Å²) >= 11 is 13.3. The number of aryl methyl sites for hydroxylation is 1. The molecule has 6 fully saturated rings. The van der Waals surface area contributed by atoms with Crippen LogP contribution < -0.4 is 14.8 Å². The third-order valence-corrected chi connectivity index (χ3v) is 21.2. The van der Waals surface area contributed by atoms with Crippen molar-refractivity contribution in [2.24, 2.45) is 35.0 Å². The molecule has 3 saturated heterocycles. The van der Waals surface area contributed by atoms with Crippen molar-refractivity contribution < 1.29 is 48.1 Å².